The number of carbonyl (C=O) groups excluding carboxylic acids is 1. The van der Waals surface area contributed by atoms with Crippen molar-refractivity contribution in [1.29, 1.82) is 0 Å². The molecular weight excluding hydrogens is 262 g/mol. The average Bonchev–Trinajstić information content (AvgIpc) is 2.47. The van der Waals surface area contributed by atoms with E-state index in [1.165, 1.54) is 5.56 Å². The highest BCUT2D eigenvalue weighted by Crippen LogP contribution is 2.35. The van der Waals surface area contributed by atoms with E-state index in [0.29, 0.717) is 0 Å². The van der Waals surface area contributed by atoms with Crippen LogP contribution >= 0.6 is 0 Å². The first-order valence-corrected chi connectivity index (χ1v) is 7.24. The van der Waals surface area contributed by atoms with Gasteiger partial charge in [0.25, 0.3) is 0 Å². The van der Waals surface area contributed by atoms with Gasteiger partial charge in [-0.15, -0.1) is 0 Å². The van der Waals surface area contributed by atoms with Gasteiger partial charge in [-0.2, -0.15) is 0 Å². The van der Waals surface area contributed by atoms with Gasteiger partial charge in [0.05, 0.1) is 12.2 Å². The third-order valence-electron chi connectivity index (χ3n) is 3.73. The Morgan fingerprint density at radius 1 is 1.24 bits per heavy atom. The number of hydrogen-bond acceptors (Lipinski definition) is 3. The van der Waals surface area contributed by atoms with Crippen molar-refractivity contribution in [3.63, 3.8) is 0 Å². The van der Waals surface area contributed by atoms with Crippen molar-refractivity contribution in [2.24, 2.45) is 0 Å². The quantitative estimate of drug-likeness (QED) is 0.804. The normalized spacial score (nSPS) is 17.0. The minimum Gasteiger partial charge on any atom is -0.487 e. The maximum absolute atomic E-state index is 11.6. The van der Waals surface area contributed by atoms with E-state index < -0.39 is 0 Å². The van der Waals surface area contributed by atoms with E-state index in [1.807, 2.05) is 36.4 Å². The van der Waals surface area contributed by atoms with Crippen LogP contribution < -0.4 is 9.64 Å². The molecule has 1 aliphatic heterocycles. The minimum absolute atomic E-state index is 0.0797. The van der Waals surface area contributed by atoms with Crippen LogP contribution in [0.4, 0.5) is 5.69 Å². The predicted molar refractivity (Wildman–Crippen MR) is 84.0 cm³/mol. The molecule has 0 aliphatic carbocycles. The maximum Gasteiger partial charge on any atom is 0.159 e. The monoisotopic (exact) mass is 281 g/mol. The summed E-state index contributed by atoms with van der Waals surface area (Å²) in [5.74, 6) is 0.936. The van der Waals surface area contributed by atoms with Crippen molar-refractivity contribution in [3.05, 3.63) is 59.7 Å². The number of benzene rings is 2. The number of Topliss-reactive ketones (excluding diaryl/α,β-unsaturated/α-hetero) is 1. The molecule has 0 N–H and O–H groups in total. The highest BCUT2D eigenvalue weighted by Gasteiger charge is 2.23. The number of hydrogen-bond donors (Lipinski definition) is 0. The first kappa shape index (κ1) is 13.7. The Balaban J connectivity index is 1.95. The fourth-order valence-corrected chi connectivity index (χ4v) is 2.70. The van der Waals surface area contributed by atoms with Gasteiger partial charge in [-0.05, 0) is 37.6 Å². The van der Waals surface area contributed by atoms with Gasteiger partial charge in [-0.3, -0.25) is 4.79 Å². The maximum atomic E-state index is 11.6. The molecule has 108 valence electrons. The Kier molecular flexibility index (Phi) is 3.65. The molecule has 0 spiro atoms. The smallest absolute Gasteiger partial charge is 0.159 e. The molecule has 0 radical (unpaired) electrons. The molecule has 0 saturated carbocycles. The van der Waals surface area contributed by atoms with Gasteiger partial charge in [-0.25, -0.2) is 0 Å². The van der Waals surface area contributed by atoms with Crippen LogP contribution in [-0.2, 0) is 6.54 Å². The molecule has 1 aliphatic rings. The Bertz CT molecular complexity index is 652. The molecule has 3 nitrogen and oxygen atoms in total. The molecule has 3 heteroatoms. The molecule has 1 unspecified atom stereocenters. The fourth-order valence-electron chi connectivity index (χ4n) is 2.70. The number of ether oxygens (including phenoxy) is 1. The summed E-state index contributed by atoms with van der Waals surface area (Å²) in [7, 11) is 0. The number of anilines is 1. The van der Waals surface area contributed by atoms with E-state index in [0.717, 1.165) is 30.1 Å². The summed E-state index contributed by atoms with van der Waals surface area (Å²) in [4.78, 5) is 13.9. The molecular formula is C18H19NO2. The Hall–Kier alpha value is -2.29. The van der Waals surface area contributed by atoms with Crippen molar-refractivity contribution in [3.8, 4) is 5.75 Å². The number of carbonyl (C=O) groups is 1. The molecule has 0 bridgehead atoms. The highest BCUT2D eigenvalue weighted by molar-refractivity contribution is 5.95. The largest absolute Gasteiger partial charge is 0.487 e. The van der Waals surface area contributed by atoms with Crippen molar-refractivity contribution in [2.75, 3.05) is 11.4 Å². The van der Waals surface area contributed by atoms with Crippen molar-refractivity contribution in [2.45, 2.75) is 26.5 Å². The SMILES string of the molecule is CC(=O)c1ccc2c(c1)N(Cc1ccccc1)CC(C)O2. The molecule has 3 rings (SSSR count). The number of nitrogens with zero attached hydrogens (tertiary/aromatic N) is 1. The van der Waals surface area contributed by atoms with Gasteiger partial charge < -0.3 is 9.64 Å². The summed E-state index contributed by atoms with van der Waals surface area (Å²) in [5.41, 5.74) is 2.99. The Morgan fingerprint density at radius 2 is 2.00 bits per heavy atom. The molecule has 1 heterocycles. The van der Waals surface area contributed by atoms with Crippen molar-refractivity contribution in [1.82, 2.24) is 0 Å². The Labute approximate surface area is 125 Å². The summed E-state index contributed by atoms with van der Waals surface area (Å²) < 4.78 is 5.88. The fraction of sp³-hybridized carbons (Fsp3) is 0.278. The summed E-state index contributed by atoms with van der Waals surface area (Å²) >= 11 is 0. The van der Waals surface area contributed by atoms with Crippen LogP contribution in [0.2, 0.25) is 0 Å². The average molecular weight is 281 g/mol. The standard InChI is InChI=1S/C18H19NO2/c1-13-11-19(12-15-6-4-3-5-7-15)17-10-16(14(2)20)8-9-18(17)21-13/h3-10,13H,11-12H2,1-2H3. The number of rotatable bonds is 3. The van der Waals surface area contributed by atoms with Gasteiger partial charge in [-0.1, -0.05) is 30.3 Å². The molecule has 2 aromatic rings. The van der Waals surface area contributed by atoms with Gasteiger partial charge in [0, 0.05) is 12.1 Å². The van der Waals surface area contributed by atoms with Gasteiger partial charge in [0.15, 0.2) is 5.78 Å². The summed E-state index contributed by atoms with van der Waals surface area (Å²) in [6.45, 7) is 5.31. The van der Waals surface area contributed by atoms with E-state index in [4.69, 9.17) is 4.74 Å². The first-order valence-electron chi connectivity index (χ1n) is 7.24. The highest BCUT2D eigenvalue weighted by atomic mass is 16.5. The predicted octanol–water partition coefficient (Wildman–Crippen LogP) is 3.68. The molecule has 21 heavy (non-hydrogen) atoms. The second-order valence-corrected chi connectivity index (χ2v) is 5.53. The van der Waals surface area contributed by atoms with Gasteiger partial charge in [0.2, 0.25) is 0 Å². The van der Waals surface area contributed by atoms with Crippen molar-refractivity contribution < 1.29 is 9.53 Å². The zero-order chi connectivity index (χ0) is 14.8. The topological polar surface area (TPSA) is 29.5 Å². The summed E-state index contributed by atoms with van der Waals surface area (Å²) in [5, 5.41) is 0. The lowest BCUT2D eigenvalue weighted by Crippen LogP contribution is -2.38. The molecule has 2 aromatic carbocycles. The van der Waals surface area contributed by atoms with E-state index >= 15 is 0 Å². The second kappa shape index (κ2) is 5.60. The molecule has 0 fully saturated rings. The lowest BCUT2D eigenvalue weighted by atomic mass is 10.1. The molecule has 0 aromatic heterocycles. The summed E-state index contributed by atoms with van der Waals surface area (Å²) in [6.07, 6.45) is 0.143. The van der Waals surface area contributed by atoms with E-state index in [-0.39, 0.29) is 11.9 Å². The van der Waals surface area contributed by atoms with E-state index in [2.05, 4.69) is 24.0 Å². The van der Waals surface area contributed by atoms with Crippen LogP contribution in [0.1, 0.15) is 29.8 Å². The number of ketones is 1. The summed E-state index contributed by atoms with van der Waals surface area (Å²) in [6, 6.07) is 16.0. The van der Waals surface area contributed by atoms with Gasteiger partial charge in [0.1, 0.15) is 11.9 Å². The van der Waals surface area contributed by atoms with Crippen molar-refractivity contribution >= 4 is 11.5 Å². The van der Waals surface area contributed by atoms with E-state index in [1.54, 1.807) is 6.92 Å². The lowest BCUT2D eigenvalue weighted by Gasteiger charge is -2.35. The molecule has 0 saturated heterocycles. The second-order valence-electron chi connectivity index (χ2n) is 5.53. The minimum atomic E-state index is 0.0797. The van der Waals surface area contributed by atoms with Crippen LogP contribution in [0, 0.1) is 0 Å². The lowest BCUT2D eigenvalue weighted by molar-refractivity contribution is 0.101. The third kappa shape index (κ3) is 2.92. The van der Waals surface area contributed by atoms with Crippen LogP contribution in [0.25, 0.3) is 0 Å². The Morgan fingerprint density at radius 3 is 2.71 bits per heavy atom. The van der Waals surface area contributed by atoms with Crippen LogP contribution in [0.15, 0.2) is 48.5 Å². The van der Waals surface area contributed by atoms with Crippen LogP contribution in [0.3, 0.4) is 0 Å². The zero-order valence-electron chi connectivity index (χ0n) is 12.4. The van der Waals surface area contributed by atoms with Gasteiger partial charge >= 0.3 is 0 Å². The van der Waals surface area contributed by atoms with Crippen LogP contribution in [-0.4, -0.2) is 18.4 Å². The van der Waals surface area contributed by atoms with E-state index in [9.17, 15) is 4.79 Å². The first-order chi connectivity index (χ1) is 10.1. The number of fused-ring (bicyclic) bond motifs is 1. The zero-order valence-corrected chi connectivity index (χ0v) is 12.4. The molecule has 0 amide bonds. The molecule has 1 atom stereocenters. The van der Waals surface area contributed by atoms with Crippen LogP contribution in [0.5, 0.6) is 5.75 Å². The third-order valence-corrected chi connectivity index (χ3v) is 3.73.